The molecule has 0 saturated heterocycles. The van der Waals surface area contributed by atoms with E-state index in [-0.39, 0.29) is 5.91 Å². The van der Waals surface area contributed by atoms with Crippen molar-refractivity contribution in [2.24, 2.45) is 0 Å². The van der Waals surface area contributed by atoms with Gasteiger partial charge in [0.1, 0.15) is 0 Å². The zero-order valence-corrected chi connectivity index (χ0v) is 11.0. The molecular formula is C11H18N2O3S. The van der Waals surface area contributed by atoms with E-state index < -0.39 is 15.6 Å². The lowest BCUT2D eigenvalue weighted by molar-refractivity contribution is -0.118. The van der Waals surface area contributed by atoms with E-state index in [2.05, 4.69) is 5.32 Å². The Balaban J connectivity index is 2.41. The second-order valence-corrected chi connectivity index (χ2v) is 6.63. The van der Waals surface area contributed by atoms with Crippen LogP contribution in [0.1, 0.15) is 39.0 Å². The molecule has 0 atom stereocenters. The number of likely N-dealkylation sites (N-methyl/N-ethyl adjacent to an activating group) is 1. The fourth-order valence-electron chi connectivity index (χ4n) is 2.81. The minimum atomic E-state index is -3.37. The third-order valence-electron chi connectivity index (χ3n) is 3.74. The van der Waals surface area contributed by atoms with E-state index in [1.165, 1.54) is 16.6 Å². The van der Waals surface area contributed by atoms with Crippen LogP contribution in [0, 0.1) is 0 Å². The fourth-order valence-corrected chi connectivity index (χ4v) is 4.31. The normalized spacial score (nSPS) is 26.8. The van der Waals surface area contributed by atoms with Gasteiger partial charge in [-0.15, -0.1) is 0 Å². The quantitative estimate of drug-likeness (QED) is 0.761. The first-order valence-electron chi connectivity index (χ1n) is 5.87. The van der Waals surface area contributed by atoms with Crippen LogP contribution in [0.2, 0.25) is 0 Å². The summed E-state index contributed by atoms with van der Waals surface area (Å²) in [5, 5.41) is 3.90. The Labute approximate surface area is 102 Å². The summed E-state index contributed by atoms with van der Waals surface area (Å²) >= 11 is 0. The molecule has 2 rings (SSSR count). The Morgan fingerprint density at radius 1 is 1.35 bits per heavy atom. The second-order valence-electron chi connectivity index (χ2n) is 4.82. The predicted octanol–water partition coefficient (Wildman–Crippen LogP) is 0.942. The largest absolute Gasteiger partial charge is 0.327 e. The van der Waals surface area contributed by atoms with Crippen molar-refractivity contribution in [3.05, 3.63) is 11.1 Å². The van der Waals surface area contributed by atoms with Crippen molar-refractivity contribution in [3.8, 4) is 0 Å². The Kier molecular flexibility index (Phi) is 3.03. The number of rotatable bonds is 1. The van der Waals surface area contributed by atoms with Crippen LogP contribution in [-0.4, -0.2) is 31.2 Å². The first kappa shape index (κ1) is 12.6. The molecule has 0 radical (unpaired) electrons. The van der Waals surface area contributed by atoms with E-state index >= 15 is 0 Å². The van der Waals surface area contributed by atoms with Gasteiger partial charge < -0.3 is 5.32 Å². The molecule has 6 heteroatoms. The molecule has 0 aromatic heterocycles. The van der Waals surface area contributed by atoms with E-state index in [1.807, 2.05) is 0 Å². The molecule has 1 saturated carbocycles. The van der Waals surface area contributed by atoms with Gasteiger partial charge in [-0.3, -0.25) is 4.79 Å². The van der Waals surface area contributed by atoms with Gasteiger partial charge >= 0.3 is 0 Å². The third-order valence-corrected chi connectivity index (χ3v) is 5.39. The number of hydrogen-bond donors (Lipinski definition) is 1. The van der Waals surface area contributed by atoms with E-state index in [4.69, 9.17) is 0 Å². The van der Waals surface area contributed by atoms with Crippen molar-refractivity contribution in [2.75, 3.05) is 7.05 Å². The van der Waals surface area contributed by atoms with Gasteiger partial charge in [0.15, 0.2) is 0 Å². The maximum atomic E-state index is 11.9. The van der Waals surface area contributed by atoms with E-state index in [0.29, 0.717) is 5.70 Å². The van der Waals surface area contributed by atoms with Crippen molar-refractivity contribution in [1.82, 2.24) is 9.62 Å². The molecule has 5 nitrogen and oxygen atoms in total. The van der Waals surface area contributed by atoms with Gasteiger partial charge in [0.2, 0.25) is 15.9 Å². The minimum Gasteiger partial charge on any atom is -0.327 e. The number of nitrogens with zero attached hydrogens (tertiary/aromatic N) is 1. The Hall–Kier alpha value is -0.880. The topological polar surface area (TPSA) is 66.5 Å². The predicted molar refractivity (Wildman–Crippen MR) is 64.4 cm³/mol. The zero-order valence-electron chi connectivity index (χ0n) is 10.2. The summed E-state index contributed by atoms with van der Waals surface area (Å²) in [5.41, 5.74) is 0.0372. The van der Waals surface area contributed by atoms with Gasteiger partial charge in [-0.2, -0.15) is 4.31 Å². The summed E-state index contributed by atoms with van der Waals surface area (Å²) in [6, 6.07) is 0. The maximum Gasteiger partial charge on any atom is 0.238 e. The molecule has 2 aliphatic rings. The fraction of sp³-hybridized carbons (Fsp3) is 0.727. The average Bonchev–Trinajstić information content (AvgIpc) is 2.42. The lowest BCUT2D eigenvalue weighted by Gasteiger charge is -2.40. The van der Waals surface area contributed by atoms with Crippen LogP contribution < -0.4 is 5.32 Å². The number of nitrogens with one attached hydrogen (secondary N) is 1. The van der Waals surface area contributed by atoms with Gasteiger partial charge in [0.25, 0.3) is 0 Å². The lowest BCUT2D eigenvalue weighted by atomic mass is 9.79. The SMILES string of the molecule is CC(=O)NC1=CS(=O)(=O)N(C)C12CCCCC2. The van der Waals surface area contributed by atoms with Crippen LogP contribution in [0.4, 0.5) is 0 Å². The molecule has 1 spiro atoms. The second kappa shape index (κ2) is 4.10. The van der Waals surface area contributed by atoms with Gasteiger partial charge in [0, 0.05) is 14.0 Å². The highest BCUT2D eigenvalue weighted by atomic mass is 32.2. The monoisotopic (exact) mass is 258 g/mol. The Morgan fingerprint density at radius 2 is 1.94 bits per heavy atom. The summed E-state index contributed by atoms with van der Waals surface area (Å²) in [6.45, 7) is 1.41. The van der Waals surface area contributed by atoms with Crippen LogP contribution in [0.25, 0.3) is 0 Å². The number of amides is 1. The summed E-state index contributed by atoms with van der Waals surface area (Å²) in [4.78, 5) is 11.2. The van der Waals surface area contributed by atoms with Crippen molar-refractivity contribution in [3.63, 3.8) is 0 Å². The van der Waals surface area contributed by atoms with Crippen LogP contribution >= 0.6 is 0 Å². The molecule has 1 fully saturated rings. The van der Waals surface area contributed by atoms with Crippen LogP contribution in [0.3, 0.4) is 0 Å². The van der Waals surface area contributed by atoms with Gasteiger partial charge in [-0.05, 0) is 12.8 Å². The van der Waals surface area contributed by atoms with Crippen LogP contribution in [0.15, 0.2) is 11.1 Å². The number of carbonyl (C=O) groups excluding carboxylic acids is 1. The molecule has 17 heavy (non-hydrogen) atoms. The van der Waals surface area contributed by atoms with Crippen LogP contribution in [0.5, 0.6) is 0 Å². The minimum absolute atomic E-state index is 0.216. The van der Waals surface area contributed by atoms with Crippen molar-refractivity contribution >= 4 is 15.9 Å². The number of sulfonamides is 1. The smallest absolute Gasteiger partial charge is 0.238 e. The molecule has 96 valence electrons. The molecule has 1 aliphatic heterocycles. The standard InChI is InChI=1S/C11H18N2O3S/c1-9(14)12-10-8-17(15,16)13(2)11(10)6-4-3-5-7-11/h8H,3-7H2,1-2H3,(H,12,14). The summed E-state index contributed by atoms with van der Waals surface area (Å²) < 4.78 is 25.3. The molecule has 1 heterocycles. The molecule has 0 aromatic carbocycles. The molecule has 0 unspecified atom stereocenters. The highest BCUT2D eigenvalue weighted by Gasteiger charge is 2.49. The number of hydrogen-bond acceptors (Lipinski definition) is 3. The molecule has 1 N–H and O–H groups in total. The van der Waals surface area contributed by atoms with E-state index in [1.54, 1.807) is 7.05 Å². The summed E-state index contributed by atoms with van der Waals surface area (Å²) in [7, 11) is -1.77. The van der Waals surface area contributed by atoms with E-state index in [0.717, 1.165) is 32.1 Å². The molecule has 1 amide bonds. The van der Waals surface area contributed by atoms with Crippen molar-refractivity contribution < 1.29 is 13.2 Å². The van der Waals surface area contributed by atoms with Gasteiger partial charge in [0.05, 0.1) is 16.6 Å². The Bertz CT molecular complexity index is 461. The molecule has 0 aromatic rings. The molecule has 1 aliphatic carbocycles. The van der Waals surface area contributed by atoms with Gasteiger partial charge in [-0.1, -0.05) is 19.3 Å². The maximum absolute atomic E-state index is 11.9. The highest BCUT2D eigenvalue weighted by molar-refractivity contribution is 7.92. The first-order chi connectivity index (χ1) is 7.88. The molecular weight excluding hydrogens is 240 g/mol. The van der Waals surface area contributed by atoms with Crippen molar-refractivity contribution in [2.45, 2.75) is 44.6 Å². The van der Waals surface area contributed by atoms with Crippen molar-refractivity contribution in [1.29, 1.82) is 0 Å². The summed E-state index contributed by atoms with van der Waals surface area (Å²) in [5.74, 6) is -0.216. The van der Waals surface area contributed by atoms with Crippen LogP contribution in [-0.2, 0) is 14.8 Å². The summed E-state index contributed by atoms with van der Waals surface area (Å²) in [6.07, 6.45) is 4.69. The van der Waals surface area contributed by atoms with Gasteiger partial charge in [-0.25, -0.2) is 8.42 Å². The number of carbonyl (C=O) groups is 1. The zero-order chi connectivity index (χ0) is 12.7. The highest BCUT2D eigenvalue weighted by Crippen LogP contribution is 2.43. The first-order valence-corrected chi connectivity index (χ1v) is 7.38. The third kappa shape index (κ3) is 1.99. The Morgan fingerprint density at radius 3 is 2.47 bits per heavy atom. The molecule has 0 bridgehead atoms. The lowest BCUT2D eigenvalue weighted by Crippen LogP contribution is -2.50. The van der Waals surface area contributed by atoms with E-state index in [9.17, 15) is 13.2 Å². The average molecular weight is 258 g/mol.